The molecule has 1 amide bonds. The Balaban J connectivity index is 1.76. The zero-order valence-corrected chi connectivity index (χ0v) is 13.2. The molecule has 3 aromatic rings. The van der Waals surface area contributed by atoms with Crippen molar-refractivity contribution < 1.29 is 27.2 Å². The minimum absolute atomic E-state index is 0.00196. The number of ether oxygens (including phenoxy) is 1. The van der Waals surface area contributed by atoms with Gasteiger partial charge in [-0.2, -0.15) is 18.2 Å². The maximum Gasteiger partial charge on any atom is 0.416 e. The van der Waals surface area contributed by atoms with E-state index < -0.39 is 17.6 Å². The highest BCUT2D eigenvalue weighted by molar-refractivity contribution is 5.95. The fourth-order valence-corrected chi connectivity index (χ4v) is 2.20. The average molecular weight is 363 g/mol. The Morgan fingerprint density at radius 2 is 1.92 bits per heavy atom. The third-order valence-corrected chi connectivity index (χ3v) is 3.42. The van der Waals surface area contributed by atoms with E-state index in [0.29, 0.717) is 0 Å². The van der Waals surface area contributed by atoms with Crippen LogP contribution in [0.25, 0.3) is 11.4 Å². The maximum absolute atomic E-state index is 12.8. The van der Waals surface area contributed by atoms with Crippen molar-refractivity contribution in [1.82, 2.24) is 10.1 Å². The van der Waals surface area contributed by atoms with Gasteiger partial charge in [0, 0.05) is 5.56 Å². The van der Waals surface area contributed by atoms with E-state index in [0.717, 1.165) is 12.1 Å². The van der Waals surface area contributed by atoms with E-state index in [4.69, 9.17) is 15.0 Å². The van der Waals surface area contributed by atoms with Crippen LogP contribution in [0.4, 0.5) is 13.2 Å². The molecule has 134 valence electrons. The van der Waals surface area contributed by atoms with E-state index in [1.165, 1.54) is 18.2 Å². The summed E-state index contributed by atoms with van der Waals surface area (Å²) in [5, 5.41) is 3.65. The molecule has 0 radical (unpaired) electrons. The quantitative estimate of drug-likeness (QED) is 0.750. The Hall–Kier alpha value is -3.36. The average Bonchev–Trinajstić information content (AvgIpc) is 3.08. The van der Waals surface area contributed by atoms with Crippen molar-refractivity contribution in [2.45, 2.75) is 12.8 Å². The lowest BCUT2D eigenvalue weighted by Crippen LogP contribution is -2.12. The summed E-state index contributed by atoms with van der Waals surface area (Å²) < 4.78 is 48.8. The highest BCUT2D eigenvalue weighted by Crippen LogP contribution is 2.31. The molecule has 0 aliphatic heterocycles. The number of nitrogens with zero attached hydrogens (tertiary/aromatic N) is 2. The fourth-order valence-electron chi connectivity index (χ4n) is 2.20. The zero-order chi connectivity index (χ0) is 18.7. The molecule has 2 N–H and O–H groups in total. The van der Waals surface area contributed by atoms with Gasteiger partial charge in [0.1, 0.15) is 5.75 Å². The molecule has 3 rings (SSSR count). The third-order valence-electron chi connectivity index (χ3n) is 3.42. The van der Waals surface area contributed by atoms with E-state index in [1.54, 1.807) is 18.2 Å². The number of aromatic nitrogens is 2. The molecule has 0 unspecified atom stereocenters. The molecule has 0 aliphatic carbocycles. The Morgan fingerprint density at radius 3 is 2.65 bits per heavy atom. The molecule has 26 heavy (non-hydrogen) atoms. The van der Waals surface area contributed by atoms with Crippen molar-refractivity contribution in [2.75, 3.05) is 0 Å². The van der Waals surface area contributed by atoms with Gasteiger partial charge in [-0.15, -0.1) is 0 Å². The number of hydrogen-bond acceptors (Lipinski definition) is 5. The number of benzene rings is 2. The molecule has 2 aromatic carbocycles. The first-order valence-corrected chi connectivity index (χ1v) is 7.36. The van der Waals surface area contributed by atoms with Crippen LogP contribution in [0, 0.1) is 0 Å². The Labute approximate surface area is 145 Å². The number of primary amides is 1. The molecule has 0 spiro atoms. The number of halogens is 3. The number of para-hydroxylation sites is 1. The molecule has 6 nitrogen and oxygen atoms in total. The summed E-state index contributed by atoms with van der Waals surface area (Å²) in [6.45, 7) is -0.170. The van der Waals surface area contributed by atoms with Gasteiger partial charge in [-0.25, -0.2) is 0 Å². The van der Waals surface area contributed by atoms with Gasteiger partial charge in [-0.1, -0.05) is 29.4 Å². The molecule has 0 atom stereocenters. The molecule has 1 aromatic heterocycles. The summed E-state index contributed by atoms with van der Waals surface area (Å²) >= 11 is 0. The van der Waals surface area contributed by atoms with Crippen LogP contribution in [-0.4, -0.2) is 16.0 Å². The molecule has 0 saturated carbocycles. The Kier molecular flexibility index (Phi) is 4.61. The lowest BCUT2D eigenvalue weighted by Gasteiger charge is -2.07. The van der Waals surface area contributed by atoms with Gasteiger partial charge in [0.15, 0.2) is 6.61 Å². The van der Waals surface area contributed by atoms with Crippen LogP contribution >= 0.6 is 0 Å². The van der Waals surface area contributed by atoms with Crippen LogP contribution in [0.1, 0.15) is 21.8 Å². The van der Waals surface area contributed by atoms with E-state index in [-0.39, 0.29) is 35.2 Å². The van der Waals surface area contributed by atoms with Crippen LogP contribution in [0.2, 0.25) is 0 Å². The number of amides is 1. The zero-order valence-electron chi connectivity index (χ0n) is 13.2. The molecule has 0 saturated heterocycles. The largest absolute Gasteiger partial charge is 0.483 e. The van der Waals surface area contributed by atoms with E-state index in [1.807, 2.05) is 0 Å². The SMILES string of the molecule is NC(=O)c1ccccc1OCc1nc(-c2cccc(C(F)(F)F)c2)no1. The summed E-state index contributed by atoms with van der Waals surface area (Å²) in [5.74, 6) is -0.385. The molecular formula is C17H12F3N3O3. The summed E-state index contributed by atoms with van der Waals surface area (Å²) in [6.07, 6.45) is -4.47. The van der Waals surface area contributed by atoms with Gasteiger partial charge in [0.25, 0.3) is 11.8 Å². The second kappa shape index (κ2) is 6.87. The van der Waals surface area contributed by atoms with Crippen LogP contribution in [-0.2, 0) is 12.8 Å². The molecule has 0 bridgehead atoms. The standard InChI is InChI=1S/C17H12F3N3O3/c18-17(19,20)11-5-3-4-10(8-11)16-22-14(26-23-16)9-25-13-7-2-1-6-12(13)15(21)24/h1-8H,9H2,(H2,21,24). The van der Waals surface area contributed by atoms with Gasteiger partial charge in [-0.05, 0) is 24.3 Å². The number of alkyl halides is 3. The van der Waals surface area contributed by atoms with Crippen molar-refractivity contribution in [3.05, 3.63) is 65.5 Å². The summed E-state index contributed by atoms with van der Waals surface area (Å²) in [5.41, 5.74) is 4.78. The fraction of sp³-hybridized carbons (Fsp3) is 0.118. The maximum atomic E-state index is 12.8. The molecular weight excluding hydrogens is 351 g/mol. The van der Waals surface area contributed by atoms with Crippen LogP contribution < -0.4 is 10.5 Å². The van der Waals surface area contributed by atoms with Crippen molar-refractivity contribution in [3.8, 4) is 17.1 Å². The molecule has 0 aliphatic rings. The lowest BCUT2D eigenvalue weighted by atomic mass is 10.1. The first kappa shape index (κ1) is 17.5. The second-order valence-corrected chi connectivity index (χ2v) is 5.24. The Bertz CT molecular complexity index is 938. The van der Waals surface area contributed by atoms with E-state index in [2.05, 4.69) is 10.1 Å². The van der Waals surface area contributed by atoms with Crippen LogP contribution in [0.3, 0.4) is 0 Å². The van der Waals surface area contributed by atoms with Crippen molar-refractivity contribution >= 4 is 5.91 Å². The van der Waals surface area contributed by atoms with Crippen molar-refractivity contribution in [3.63, 3.8) is 0 Å². The smallest absolute Gasteiger partial charge is 0.416 e. The lowest BCUT2D eigenvalue weighted by molar-refractivity contribution is -0.137. The predicted octanol–water partition coefficient (Wildman–Crippen LogP) is 3.43. The Morgan fingerprint density at radius 1 is 1.15 bits per heavy atom. The van der Waals surface area contributed by atoms with Crippen molar-refractivity contribution in [1.29, 1.82) is 0 Å². The first-order chi connectivity index (χ1) is 12.3. The molecule has 9 heteroatoms. The second-order valence-electron chi connectivity index (χ2n) is 5.24. The molecule has 0 fully saturated rings. The van der Waals surface area contributed by atoms with E-state index in [9.17, 15) is 18.0 Å². The highest BCUT2D eigenvalue weighted by atomic mass is 19.4. The number of carbonyl (C=O) groups is 1. The minimum Gasteiger partial charge on any atom is -0.483 e. The number of carbonyl (C=O) groups excluding carboxylic acids is 1. The van der Waals surface area contributed by atoms with Crippen LogP contribution in [0.5, 0.6) is 5.75 Å². The minimum atomic E-state index is -4.47. The van der Waals surface area contributed by atoms with E-state index >= 15 is 0 Å². The summed E-state index contributed by atoms with van der Waals surface area (Å²) in [4.78, 5) is 15.3. The third kappa shape index (κ3) is 3.82. The number of hydrogen-bond donors (Lipinski definition) is 1. The summed E-state index contributed by atoms with van der Waals surface area (Å²) in [6, 6.07) is 10.9. The molecule has 1 heterocycles. The first-order valence-electron chi connectivity index (χ1n) is 7.36. The predicted molar refractivity (Wildman–Crippen MR) is 84.0 cm³/mol. The van der Waals surface area contributed by atoms with Gasteiger partial charge < -0.3 is 15.0 Å². The summed E-state index contributed by atoms with van der Waals surface area (Å²) in [7, 11) is 0. The topological polar surface area (TPSA) is 91.2 Å². The number of nitrogens with two attached hydrogens (primary N) is 1. The van der Waals surface area contributed by atoms with Gasteiger partial charge >= 0.3 is 6.18 Å². The van der Waals surface area contributed by atoms with Gasteiger partial charge in [-0.3, -0.25) is 4.79 Å². The van der Waals surface area contributed by atoms with Gasteiger partial charge in [0.2, 0.25) is 5.82 Å². The van der Waals surface area contributed by atoms with Crippen LogP contribution in [0.15, 0.2) is 53.1 Å². The number of rotatable bonds is 5. The monoisotopic (exact) mass is 363 g/mol. The van der Waals surface area contributed by atoms with Gasteiger partial charge in [0.05, 0.1) is 11.1 Å². The highest BCUT2D eigenvalue weighted by Gasteiger charge is 2.30. The normalized spacial score (nSPS) is 11.3. The van der Waals surface area contributed by atoms with Crippen molar-refractivity contribution in [2.24, 2.45) is 5.73 Å².